The van der Waals surface area contributed by atoms with Crippen molar-refractivity contribution in [1.82, 2.24) is 5.32 Å². The molecule has 0 saturated heterocycles. The highest BCUT2D eigenvalue weighted by molar-refractivity contribution is 5.76. The van der Waals surface area contributed by atoms with Gasteiger partial charge in [0, 0.05) is 6.42 Å². The molecule has 79 heavy (non-hydrogen) atoms. The van der Waals surface area contributed by atoms with Gasteiger partial charge in [-0.3, -0.25) is 4.79 Å². The summed E-state index contributed by atoms with van der Waals surface area (Å²) < 4.78 is 0. The van der Waals surface area contributed by atoms with Crippen LogP contribution in [0.5, 0.6) is 0 Å². The van der Waals surface area contributed by atoms with E-state index in [0.29, 0.717) is 6.42 Å². The van der Waals surface area contributed by atoms with E-state index in [-0.39, 0.29) is 12.5 Å². The topological polar surface area (TPSA) is 69.6 Å². The summed E-state index contributed by atoms with van der Waals surface area (Å²) >= 11 is 0. The van der Waals surface area contributed by atoms with E-state index in [4.69, 9.17) is 0 Å². The first-order valence-electron chi connectivity index (χ1n) is 34.2. The Morgan fingerprint density at radius 3 is 0.835 bits per heavy atom. The molecule has 0 aromatic rings. The van der Waals surface area contributed by atoms with Crippen LogP contribution in [0.4, 0.5) is 0 Å². The van der Waals surface area contributed by atoms with Crippen molar-refractivity contribution < 1.29 is 15.0 Å². The summed E-state index contributed by atoms with van der Waals surface area (Å²) in [6.45, 7) is 4.22. The van der Waals surface area contributed by atoms with Crippen molar-refractivity contribution >= 4 is 5.91 Å². The number of hydrogen-bond acceptors (Lipinski definition) is 3. The number of unbranched alkanes of at least 4 members (excludes halogenated alkanes) is 37. The van der Waals surface area contributed by atoms with Crippen molar-refractivity contribution in [1.29, 1.82) is 0 Å². The number of carbonyl (C=O) groups excluding carboxylic acids is 1. The molecule has 0 bridgehead atoms. The molecule has 4 nitrogen and oxygen atoms in total. The molecule has 2 atom stereocenters. The van der Waals surface area contributed by atoms with Crippen LogP contribution in [0.1, 0.15) is 328 Å². The van der Waals surface area contributed by atoms with Gasteiger partial charge in [-0.1, -0.05) is 354 Å². The molecule has 0 heterocycles. The minimum Gasteiger partial charge on any atom is -0.394 e. The first kappa shape index (κ1) is 75.8. The minimum atomic E-state index is -0.848. The van der Waals surface area contributed by atoms with Crippen molar-refractivity contribution in [3.8, 4) is 0 Å². The van der Waals surface area contributed by atoms with E-state index in [1.807, 2.05) is 6.08 Å². The zero-order chi connectivity index (χ0) is 56.9. The maximum Gasteiger partial charge on any atom is 0.220 e. The van der Waals surface area contributed by atoms with Gasteiger partial charge in [0.25, 0.3) is 0 Å². The quantitative estimate of drug-likeness (QED) is 0.0420. The van der Waals surface area contributed by atoms with Crippen molar-refractivity contribution in [2.24, 2.45) is 0 Å². The lowest BCUT2D eigenvalue weighted by molar-refractivity contribution is -0.123. The number of nitrogens with one attached hydrogen (secondary N) is 1. The number of rotatable bonds is 62. The molecule has 0 aromatic carbocycles. The molecule has 0 rings (SSSR count). The van der Waals surface area contributed by atoms with Gasteiger partial charge in [-0.05, 0) is 89.9 Å². The van der Waals surface area contributed by atoms with Crippen LogP contribution in [0.25, 0.3) is 0 Å². The van der Waals surface area contributed by atoms with E-state index in [1.54, 1.807) is 6.08 Å². The van der Waals surface area contributed by atoms with Crippen molar-refractivity contribution in [2.75, 3.05) is 6.61 Å². The average Bonchev–Trinajstić information content (AvgIpc) is 3.45. The van der Waals surface area contributed by atoms with E-state index in [9.17, 15) is 15.0 Å². The number of carbonyl (C=O) groups is 1. The Balaban J connectivity index is 3.53. The monoisotopic (exact) mass is 1090 g/mol. The second-order valence-electron chi connectivity index (χ2n) is 22.9. The zero-order valence-corrected chi connectivity index (χ0v) is 52.4. The summed E-state index contributed by atoms with van der Waals surface area (Å²) in [5, 5.41) is 23.3. The largest absolute Gasteiger partial charge is 0.394 e. The van der Waals surface area contributed by atoms with Gasteiger partial charge in [-0.15, -0.1) is 0 Å². The summed E-state index contributed by atoms with van der Waals surface area (Å²) in [6.07, 6.45) is 105. The van der Waals surface area contributed by atoms with E-state index in [1.165, 1.54) is 225 Å². The van der Waals surface area contributed by atoms with Crippen LogP contribution in [0, 0.1) is 0 Å². The third-order valence-electron chi connectivity index (χ3n) is 15.2. The smallest absolute Gasteiger partial charge is 0.220 e. The summed E-state index contributed by atoms with van der Waals surface area (Å²) in [4.78, 5) is 12.5. The minimum absolute atomic E-state index is 0.0656. The molecule has 0 radical (unpaired) electrons. The average molecular weight is 1090 g/mol. The van der Waals surface area contributed by atoms with Crippen LogP contribution in [-0.4, -0.2) is 34.9 Å². The van der Waals surface area contributed by atoms with Crippen molar-refractivity contribution in [3.05, 3.63) is 122 Å². The second-order valence-corrected chi connectivity index (χ2v) is 22.9. The molecule has 3 N–H and O–H groups in total. The number of aliphatic hydroxyl groups is 2. The van der Waals surface area contributed by atoms with E-state index in [0.717, 1.165) is 83.5 Å². The molecule has 4 heteroatoms. The Kier molecular flexibility index (Phi) is 66.3. The van der Waals surface area contributed by atoms with Gasteiger partial charge in [0.1, 0.15) is 0 Å². The summed E-state index contributed by atoms with van der Waals surface area (Å²) in [6, 6.07) is -0.631. The molecular formula is C75H131NO3. The number of amides is 1. The molecule has 0 aliphatic rings. The Morgan fingerprint density at radius 2 is 0.557 bits per heavy atom. The van der Waals surface area contributed by atoms with Gasteiger partial charge in [-0.2, -0.15) is 0 Å². The molecule has 454 valence electrons. The van der Waals surface area contributed by atoms with Gasteiger partial charge in [0.05, 0.1) is 18.8 Å². The number of allylic oxidation sites excluding steroid dienone is 19. The maximum atomic E-state index is 12.5. The molecule has 2 unspecified atom stereocenters. The zero-order valence-electron chi connectivity index (χ0n) is 52.4. The molecule has 0 aliphatic carbocycles. The van der Waals surface area contributed by atoms with Crippen LogP contribution < -0.4 is 5.32 Å². The lowest BCUT2D eigenvalue weighted by Crippen LogP contribution is -2.45. The predicted molar refractivity (Wildman–Crippen MR) is 354 cm³/mol. The van der Waals surface area contributed by atoms with Gasteiger partial charge in [-0.25, -0.2) is 0 Å². The van der Waals surface area contributed by atoms with Crippen molar-refractivity contribution in [3.63, 3.8) is 0 Å². The lowest BCUT2D eigenvalue weighted by Gasteiger charge is -2.20. The molecule has 0 aromatic heterocycles. The Morgan fingerprint density at radius 1 is 0.316 bits per heavy atom. The van der Waals surface area contributed by atoms with Crippen LogP contribution in [0.2, 0.25) is 0 Å². The first-order chi connectivity index (χ1) is 39.2. The van der Waals surface area contributed by atoms with Crippen LogP contribution in [-0.2, 0) is 4.79 Å². The molecule has 0 saturated carbocycles. The molecular weight excluding hydrogens is 963 g/mol. The molecule has 0 fully saturated rings. The molecule has 1 amide bonds. The van der Waals surface area contributed by atoms with E-state index < -0.39 is 12.1 Å². The number of aliphatic hydroxyl groups excluding tert-OH is 2. The van der Waals surface area contributed by atoms with Gasteiger partial charge in [0.15, 0.2) is 0 Å². The van der Waals surface area contributed by atoms with E-state index >= 15 is 0 Å². The highest BCUT2D eigenvalue weighted by atomic mass is 16.3. The fourth-order valence-corrected chi connectivity index (χ4v) is 10.1. The normalized spacial score (nSPS) is 13.5. The Bertz CT molecular complexity index is 1520. The Labute approximate surface area is 492 Å². The Hall–Kier alpha value is -3.21. The van der Waals surface area contributed by atoms with Crippen LogP contribution >= 0.6 is 0 Å². The highest BCUT2D eigenvalue weighted by Gasteiger charge is 2.18. The summed E-state index contributed by atoms with van der Waals surface area (Å²) in [5.41, 5.74) is 0. The van der Waals surface area contributed by atoms with Gasteiger partial charge < -0.3 is 15.5 Å². The lowest BCUT2D eigenvalue weighted by atomic mass is 10.0. The highest BCUT2D eigenvalue weighted by Crippen LogP contribution is 2.18. The van der Waals surface area contributed by atoms with Crippen molar-refractivity contribution in [2.45, 2.75) is 341 Å². The molecule has 0 aliphatic heterocycles. The maximum absolute atomic E-state index is 12.5. The van der Waals surface area contributed by atoms with Gasteiger partial charge >= 0.3 is 0 Å². The van der Waals surface area contributed by atoms with E-state index in [2.05, 4.69) is 129 Å². The number of hydrogen-bond donors (Lipinski definition) is 3. The van der Waals surface area contributed by atoms with Crippen LogP contribution in [0.3, 0.4) is 0 Å². The fourth-order valence-electron chi connectivity index (χ4n) is 10.1. The second kappa shape index (κ2) is 69.1. The first-order valence-corrected chi connectivity index (χ1v) is 34.2. The van der Waals surface area contributed by atoms with Gasteiger partial charge in [0.2, 0.25) is 5.91 Å². The molecule has 0 spiro atoms. The fraction of sp³-hybridized carbons (Fsp3) is 0.720. The SMILES string of the molecule is CC/C=C\C/C=C\C/C=C\C/C=C\C/C=C\C/C=C\C/C=C\C/C=C\C/C=C\CCCCCCCCCCCCCCCC(=O)NC(CO)C(O)/C=C/CCCCCCCCCCCCCCCCCCCCCCCCCC. The predicted octanol–water partition coefficient (Wildman–Crippen LogP) is 23.5. The van der Waals surface area contributed by atoms with Crippen LogP contribution in [0.15, 0.2) is 122 Å². The summed E-state index contributed by atoms with van der Waals surface area (Å²) in [7, 11) is 0. The third kappa shape index (κ3) is 65.5. The third-order valence-corrected chi connectivity index (χ3v) is 15.2. The summed E-state index contributed by atoms with van der Waals surface area (Å²) in [5.74, 6) is -0.0656. The standard InChI is InChI=1S/C75H131NO3/c1-3-5-7-9-11-13-15-17-19-21-23-25-27-29-31-32-33-34-35-36-37-38-39-40-41-42-43-44-45-47-49-51-53-55-57-59-61-63-65-67-69-71-75(79)76-73(72-77)74(78)70-68-66-64-62-60-58-56-54-52-50-48-46-30-28-26-24-22-20-18-16-14-12-10-8-6-4-2/h5,7,11,13,17,19,23,25,29,31,33-34,36-37,39-40,42-43,68,70,73-74,77-78H,3-4,6,8-10,12,14-16,18,20-22,24,26-28,30,32,35,38,41,44-67,69,71-72H2,1-2H3,(H,76,79)/b7-5-,13-11-,19-17-,25-23-,31-29-,34-33-,37-36-,40-39-,43-42-,70-68+.